The van der Waals surface area contributed by atoms with Gasteiger partial charge < -0.3 is 9.47 Å². The minimum absolute atomic E-state index is 0.0770. The van der Waals surface area contributed by atoms with Crippen molar-refractivity contribution in [3.8, 4) is 11.5 Å². The third kappa shape index (κ3) is 9.13. The van der Waals surface area contributed by atoms with Gasteiger partial charge in [-0.3, -0.25) is 19.6 Å². The van der Waals surface area contributed by atoms with E-state index < -0.39 is 0 Å². The normalized spacial score (nSPS) is 24.5. The predicted octanol–water partition coefficient (Wildman–Crippen LogP) is 9.02. The monoisotopic (exact) mass is 878 g/mol. The van der Waals surface area contributed by atoms with Crippen molar-refractivity contribution in [1.29, 1.82) is 0 Å². The van der Waals surface area contributed by atoms with E-state index in [9.17, 15) is 0 Å². The van der Waals surface area contributed by atoms with Gasteiger partial charge in [-0.2, -0.15) is 0 Å². The molecular weight excluding hydrogens is 813 g/mol. The Labute approximate surface area is 377 Å². The van der Waals surface area contributed by atoms with Gasteiger partial charge in [0.2, 0.25) is 0 Å². The third-order valence-corrected chi connectivity index (χ3v) is 16.8. The van der Waals surface area contributed by atoms with Crippen LogP contribution in [0.15, 0.2) is 107 Å². The lowest BCUT2D eigenvalue weighted by Crippen LogP contribution is -2.67. The van der Waals surface area contributed by atoms with Crippen LogP contribution in [0.1, 0.15) is 83.2 Å². The molecule has 4 saturated heterocycles. The van der Waals surface area contributed by atoms with E-state index in [1.165, 1.54) is 0 Å². The highest BCUT2D eigenvalue weighted by molar-refractivity contribution is 8.76. The molecule has 0 spiro atoms. The molecule has 4 aliphatic heterocycles. The lowest BCUT2D eigenvalue weighted by molar-refractivity contribution is -0.900. The molecule has 4 aromatic carbocycles. The van der Waals surface area contributed by atoms with Gasteiger partial charge in [-0.1, -0.05) is 82.3 Å². The number of hydrogen-bond acceptors (Lipinski definition) is 10. The Morgan fingerprint density at radius 1 is 0.516 bits per heavy atom. The van der Waals surface area contributed by atoms with E-state index in [1.807, 2.05) is 72.8 Å². The Kier molecular flexibility index (Phi) is 14.2. The topological polar surface area (TPSA) is 65.6 Å². The highest BCUT2D eigenvalue weighted by Crippen LogP contribution is 2.46. The lowest BCUT2D eigenvalue weighted by Gasteiger charge is -2.46. The number of rotatable bonds is 15. The maximum atomic E-state index is 15.6. The summed E-state index contributed by atoms with van der Waals surface area (Å²) >= 11 is 0. The van der Waals surface area contributed by atoms with Gasteiger partial charge in [-0.25, -0.2) is 18.6 Å². The molecular formula is C50H66N6O4S2+2. The maximum absolute atomic E-state index is 15.6. The molecule has 10 nitrogen and oxygen atoms in total. The summed E-state index contributed by atoms with van der Waals surface area (Å²) in [6.07, 6.45) is 8.51. The fourth-order valence-corrected chi connectivity index (χ4v) is 13.4. The summed E-state index contributed by atoms with van der Waals surface area (Å²) in [5.74, 6) is 1.64. The second kappa shape index (κ2) is 19.6. The van der Waals surface area contributed by atoms with Crippen LogP contribution < -0.4 is 9.47 Å². The quantitative estimate of drug-likeness (QED) is 0.0855. The number of benzene rings is 4. The first-order chi connectivity index (χ1) is 30.0. The van der Waals surface area contributed by atoms with Crippen molar-refractivity contribution in [3.05, 3.63) is 119 Å². The van der Waals surface area contributed by atoms with Gasteiger partial charge in [0.05, 0.1) is 25.2 Å². The van der Waals surface area contributed by atoms with Crippen molar-refractivity contribution >= 4 is 33.4 Å². The van der Waals surface area contributed by atoms with Crippen LogP contribution in [0, 0.1) is 0 Å². The number of carbonyl (C=O) groups excluding carboxylic acids is 2. The zero-order chi connectivity index (χ0) is 43.4. The van der Waals surface area contributed by atoms with Gasteiger partial charge in [0, 0.05) is 61.7 Å². The second-order valence-electron chi connectivity index (χ2n) is 18.3. The molecule has 0 aromatic heterocycles. The molecule has 0 saturated carbocycles. The number of ether oxygens (including phenoxy) is 2. The molecule has 4 heterocycles. The van der Waals surface area contributed by atoms with E-state index in [0.29, 0.717) is 44.8 Å². The first kappa shape index (κ1) is 44.9. The summed E-state index contributed by atoms with van der Waals surface area (Å²) in [6, 6.07) is 32.3. The highest BCUT2D eigenvalue weighted by Gasteiger charge is 2.55. The Morgan fingerprint density at radius 3 is 1.13 bits per heavy atom. The molecule has 330 valence electrons. The molecule has 0 aliphatic carbocycles. The Balaban J connectivity index is 1.18. The van der Waals surface area contributed by atoms with Gasteiger partial charge in [-0.15, -0.1) is 0 Å². The molecule has 0 bridgehead atoms. The molecule has 0 radical (unpaired) electrons. The third-order valence-electron chi connectivity index (χ3n) is 14.4. The van der Waals surface area contributed by atoms with Crippen LogP contribution in [0.5, 0.6) is 11.5 Å². The smallest absolute Gasteiger partial charge is 0.349 e. The number of quaternary nitrogens is 2. The van der Waals surface area contributed by atoms with Gasteiger partial charge in [-0.05, 0) is 101 Å². The molecule has 4 aliphatic rings. The average molecular weight is 879 g/mol. The number of likely N-dealkylation sites (tertiary alicyclic amines) is 4. The molecule has 0 N–H and O–H groups in total. The van der Waals surface area contributed by atoms with Crippen LogP contribution in [0.25, 0.3) is 0 Å². The molecule has 4 fully saturated rings. The molecule has 8 rings (SSSR count). The second-order valence-corrected chi connectivity index (χ2v) is 20.6. The number of carbonyl (C=O) groups is 2. The van der Waals surface area contributed by atoms with Crippen molar-refractivity contribution in [2.45, 2.75) is 99.0 Å². The van der Waals surface area contributed by atoms with E-state index in [4.69, 9.17) is 9.47 Å². The van der Waals surface area contributed by atoms with Gasteiger partial charge in [0.15, 0.2) is 24.7 Å². The lowest BCUT2D eigenvalue weighted by atomic mass is 10.1. The Bertz CT molecular complexity index is 1980. The first-order valence-corrected chi connectivity index (χ1v) is 24.7. The van der Waals surface area contributed by atoms with E-state index in [-0.39, 0.29) is 36.5 Å². The van der Waals surface area contributed by atoms with E-state index in [2.05, 4.69) is 86.2 Å². The van der Waals surface area contributed by atoms with Gasteiger partial charge in [0.25, 0.3) is 0 Å². The van der Waals surface area contributed by atoms with Crippen molar-refractivity contribution < 1.29 is 28.0 Å². The first-order valence-electron chi connectivity index (χ1n) is 22.6. The highest BCUT2D eigenvalue weighted by atomic mass is 33.1. The summed E-state index contributed by atoms with van der Waals surface area (Å²) in [4.78, 5) is 42.3. The van der Waals surface area contributed by atoms with E-state index >= 15 is 9.59 Å². The zero-order valence-electron chi connectivity index (χ0n) is 37.6. The summed E-state index contributed by atoms with van der Waals surface area (Å²) in [6.45, 7) is 4.76. The predicted molar refractivity (Wildman–Crippen MR) is 250 cm³/mol. The van der Waals surface area contributed by atoms with Crippen LogP contribution >= 0.6 is 21.6 Å². The fourth-order valence-electron chi connectivity index (χ4n) is 11.0. The van der Waals surface area contributed by atoms with Crippen LogP contribution in [0.2, 0.25) is 0 Å². The maximum Gasteiger partial charge on any atom is 0.349 e. The summed E-state index contributed by atoms with van der Waals surface area (Å²) in [5.41, 5.74) is 3.52. The fraction of sp³-hybridized carbons (Fsp3) is 0.480. The van der Waals surface area contributed by atoms with Gasteiger partial charge >= 0.3 is 11.8 Å². The Hall–Kier alpha value is -3.72. The molecule has 62 heavy (non-hydrogen) atoms. The number of amides is 2. The molecule has 4 aromatic rings. The largest absolute Gasteiger partial charge is 0.489 e. The minimum atomic E-state index is 0.0770. The van der Waals surface area contributed by atoms with E-state index in [1.54, 1.807) is 21.6 Å². The molecule has 12 heteroatoms. The number of nitrogens with zero attached hydrogens (tertiary/aromatic N) is 6. The van der Waals surface area contributed by atoms with Crippen LogP contribution in [0.4, 0.5) is 0 Å². The van der Waals surface area contributed by atoms with E-state index in [0.717, 1.165) is 98.5 Å². The molecule has 2 amide bonds. The zero-order valence-corrected chi connectivity index (χ0v) is 39.2. The Morgan fingerprint density at radius 2 is 0.839 bits per heavy atom. The molecule has 4 unspecified atom stereocenters. The van der Waals surface area contributed by atoms with Crippen LogP contribution in [-0.2, 0) is 13.2 Å². The van der Waals surface area contributed by atoms with Crippen molar-refractivity contribution in [2.24, 2.45) is 0 Å². The SMILES string of the molecule is CN1CCCC1[N+](C)(C(=O)c1ccc(OCc2ccccc2)cc1SSc1cc(OCc2ccccc2)ccc1C(=O)[N+](C)(C1CCCN1C)C1CCCN1C)C1CCCN1C. The van der Waals surface area contributed by atoms with Crippen molar-refractivity contribution in [2.75, 3.05) is 68.5 Å². The van der Waals surface area contributed by atoms with Crippen LogP contribution in [-0.4, -0.2) is 134 Å². The number of hydrogen-bond donors (Lipinski definition) is 0. The van der Waals surface area contributed by atoms with Crippen molar-refractivity contribution in [1.82, 2.24) is 19.6 Å². The van der Waals surface area contributed by atoms with Crippen LogP contribution in [0.3, 0.4) is 0 Å². The average Bonchev–Trinajstić information content (AvgIpc) is 4.13. The minimum Gasteiger partial charge on any atom is -0.489 e. The van der Waals surface area contributed by atoms with Gasteiger partial charge in [0.1, 0.15) is 24.7 Å². The summed E-state index contributed by atoms with van der Waals surface area (Å²) in [5, 5.41) is 0. The summed E-state index contributed by atoms with van der Waals surface area (Å²) in [7, 11) is 16.1. The molecule has 4 atom stereocenters. The summed E-state index contributed by atoms with van der Waals surface area (Å²) < 4.78 is 13.5. The standard InChI is InChI=1S/C50H66N6O4S2/c1-51-29-13-21-45(51)55(5,46-22-14-30-52(46)2)49(57)41-27-25-39(59-35-37-17-9-7-10-18-37)33-43(41)61-62-44-34-40(60-36-38-19-11-8-12-20-38)26-28-42(44)50(58)56(6,47-23-15-31-53(47)3)48-24-16-32-54(48)4/h7-12,17-20,25-28,33-34,45-48H,13-16,21-24,29-32,35-36H2,1-6H3/q+2. The van der Waals surface area contributed by atoms with Crippen molar-refractivity contribution in [3.63, 3.8) is 0 Å².